The first-order valence-electron chi connectivity index (χ1n) is 6.82. The number of hydrogen-bond acceptors (Lipinski definition) is 2. The topological polar surface area (TPSA) is 21.3 Å². The van der Waals surface area contributed by atoms with Gasteiger partial charge in [-0.1, -0.05) is 24.3 Å². The number of methoxy groups -OCH3 is 1. The summed E-state index contributed by atoms with van der Waals surface area (Å²) in [5.74, 6) is 1.58. The molecule has 2 heteroatoms. The van der Waals surface area contributed by atoms with Crippen LogP contribution in [-0.2, 0) is 11.3 Å². The van der Waals surface area contributed by atoms with Crippen LogP contribution in [0, 0.1) is 5.92 Å². The Bertz CT molecular complexity index is 377. The Kier molecular flexibility index (Phi) is 4.08. The summed E-state index contributed by atoms with van der Waals surface area (Å²) in [6.45, 7) is 8.52. The molecule has 1 N–H and O–H groups in total. The van der Waals surface area contributed by atoms with E-state index in [0.29, 0.717) is 6.61 Å². The fourth-order valence-corrected chi connectivity index (χ4v) is 2.35. The lowest BCUT2D eigenvalue weighted by Gasteiger charge is -2.20. The molecule has 0 aliphatic heterocycles. The molecule has 18 heavy (non-hydrogen) atoms. The lowest BCUT2D eigenvalue weighted by Crippen LogP contribution is -2.37. The normalized spacial score (nSPS) is 23.1. The maximum absolute atomic E-state index is 5.13. The van der Waals surface area contributed by atoms with Gasteiger partial charge in [-0.05, 0) is 56.7 Å². The third-order valence-electron chi connectivity index (χ3n) is 3.54. The second-order valence-corrected chi connectivity index (χ2v) is 6.41. The predicted octanol–water partition coefficient (Wildman–Crippen LogP) is 3.32. The SMILES string of the molecule is COCc1ccc(C2CC2CNC(C)(C)C)cc1. The zero-order chi connectivity index (χ0) is 13.2. The highest BCUT2D eigenvalue weighted by Gasteiger charge is 2.38. The van der Waals surface area contributed by atoms with E-state index < -0.39 is 0 Å². The van der Waals surface area contributed by atoms with Gasteiger partial charge < -0.3 is 10.1 Å². The number of nitrogens with one attached hydrogen (secondary N) is 1. The minimum atomic E-state index is 0.232. The summed E-state index contributed by atoms with van der Waals surface area (Å²) >= 11 is 0. The zero-order valence-corrected chi connectivity index (χ0v) is 12.0. The van der Waals surface area contributed by atoms with Gasteiger partial charge in [-0.15, -0.1) is 0 Å². The van der Waals surface area contributed by atoms with Gasteiger partial charge in [0.2, 0.25) is 0 Å². The van der Waals surface area contributed by atoms with Crippen LogP contribution in [0.3, 0.4) is 0 Å². The molecule has 0 heterocycles. The Morgan fingerprint density at radius 1 is 1.22 bits per heavy atom. The Morgan fingerprint density at radius 2 is 1.89 bits per heavy atom. The van der Waals surface area contributed by atoms with Crippen molar-refractivity contribution in [2.24, 2.45) is 5.92 Å². The molecule has 1 aliphatic rings. The van der Waals surface area contributed by atoms with Crippen molar-refractivity contribution < 1.29 is 4.74 Å². The molecule has 1 saturated carbocycles. The van der Waals surface area contributed by atoms with E-state index in [1.165, 1.54) is 17.5 Å². The molecule has 2 nitrogen and oxygen atoms in total. The van der Waals surface area contributed by atoms with Gasteiger partial charge in [-0.3, -0.25) is 0 Å². The molecule has 0 saturated heterocycles. The minimum Gasteiger partial charge on any atom is -0.380 e. The molecule has 2 unspecified atom stereocenters. The van der Waals surface area contributed by atoms with Crippen molar-refractivity contribution in [3.63, 3.8) is 0 Å². The molecule has 0 radical (unpaired) electrons. The van der Waals surface area contributed by atoms with E-state index in [0.717, 1.165) is 18.4 Å². The Labute approximate surface area is 111 Å². The van der Waals surface area contributed by atoms with E-state index in [1.54, 1.807) is 7.11 Å². The molecule has 0 aromatic heterocycles. The van der Waals surface area contributed by atoms with Crippen LogP contribution in [0.25, 0.3) is 0 Å². The summed E-state index contributed by atoms with van der Waals surface area (Å²) < 4.78 is 5.13. The largest absolute Gasteiger partial charge is 0.380 e. The molecule has 1 aliphatic carbocycles. The number of hydrogen-bond donors (Lipinski definition) is 1. The van der Waals surface area contributed by atoms with Gasteiger partial charge in [0.1, 0.15) is 0 Å². The van der Waals surface area contributed by atoms with Gasteiger partial charge >= 0.3 is 0 Å². The minimum absolute atomic E-state index is 0.232. The highest BCUT2D eigenvalue weighted by atomic mass is 16.5. The van der Waals surface area contributed by atoms with Crippen molar-refractivity contribution >= 4 is 0 Å². The monoisotopic (exact) mass is 247 g/mol. The Hall–Kier alpha value is -0.860. The fraction of sp³-hybridized carbons (Fsp3) is 0.625. The van der Waals surface area contributed by atoms with Crippen molar-refractivity contribution in [1.82, 2.24) is 5.32 Å². The average molecular weight is 247 g/mol. The van der Waals surface area contributed by atoms with Crippen molar-refractivity contribution in [3.8, 4) is 0 Å². The number of rotatable bonds is 5. The van der Waals surface area contributed by atoms with E-state index in [-0.39, 0.29) is 5.54 Å². The Balaban J connectivity index is 1.83. The van der Waals surface area contributed by atoms with E-state index in [9.17, 15) is 0 Å². The third kappa shape index (κ3) is 3.82. The van der Waals surface area contributed by atoms with Gasteiger partial charge in [0.15, 0.2) is 0 Å². The molecule has 2 rings (SSSR count). The summed E-state index contributed by atoms with van der Waals surface area (Å²) in [4.78, 5) is 0. The lowest BCUT2D eigenvalue weighted by molar-refractivity contribution is 0.185. The highest BCUT2D eigenvalue weighted by molar-refractivity contribution is 5.29. The molecule has 1 fully saturated rings. The first kappa shape index (κ1) is 13.6. The Morgan fingerprint density at radius 3 is 2.44 bits per heavy atom. The summed E-state index contributed by atoms with van der Waals surface area (Å²) in [6.07, 6.45) is 1.33. The predicted molar refractivity (Wildman–Crippen MR) is 75.8 cm³/mol. The zero-order valence-electron chi connectivity index (χ0n) is 12.0. The third-order valence-corrected chi connectivity index (χ3v) is 3.54. The van der Waals surface area contributed by atoms with Gasteiger partial charge in [-0.25, -0.2) is 0 Å². The molecule has 100 valence electrons. The molecule has 2 atom stereocenters. The van der Waals surface area contributed by atoms with Crippen LogP contribution >= 0.6 is 0 Å². The first-order chi connectivity index (χ1) is 8.49. The summed E-state index contributed by atoms with van der Waals surface area (Å²) in [6, 6.07) is 8.89. The summed E-state index contributed by atoms with van der Waals surface area (Å²) in [5, 5.41) is 3.60. The molecular formula is C16H25NO. The van der Waals surface area contributed by atoms with Gasteiger partial charge in [0.25, 0.3) is 0 Å². The highest BCUT2D eigenvalue weighted by Crippen LogP contribution is 2.47. The maximum Gasteiger partial charge on any atom is 0.0713 e. The quantitative estimate of drug-likeness (QED) is 0.862. The van der Waals surface area contributed by atoms with Crippen LogP contribution in [0.1, 0.15) is 44.2 Å². The van der Waals surface area contributed by atoms with Crippen LogP contribution in [-0.4, -0.2) is 19.2 Å². The fourth-order valence-electron chi connectivity index (χ4n) is 2.35. The molecule has 1 aromatic carbocycles. The molecule has 0 spiro atoms. The van der Waals surface area contributed by atoms with Crippen LogP contribution in [0.15, 0.2) is 24.3 Å². The van der Waals surface area contributed by atoms with Crippen molar-refractivity contribution in [2.75, 3.05) is 13.7 Å². The van der Waals surface area contributed by atoms with E-state index in [2.05, 4.69) is 50.4 Å². The standard InChI is InChI=1S/C16H25NO/c1-16(2,3)17-10-14-9-15(14)13-7-5-12(6-8-13)11-18-4/h5-8,14-15,17H,9-11H2,1-4H3. The van der Waals surface area contributed by atoms with Crippen LogP contribution in [0.5, 0.6) is 0 Å². The van der Waals surface area contributed by atoms with Gasteiger partial charge in [0.05, 0.1) is 6.61 Å². The van der Waals surface area contributed by atoms with Crippen LogP contribution in [0.4, 0.5) is 0 Å². The smallest absolute Gasteiger partial charge is 0.0713 e. The molecule has 1 aromatic rings. The first-order valence-corrected chi connectivity index (χ1v) is 6.82. The second kappa shape index (κ2) is 5.41. The number of ether oxygens (including phenoxy) is 1. The van der Waals surface area contributed by atoms with Crippen molar-refractivity contribution in [2.45, 2.75) is 45.3 Å². The molecular weight excluding hydrogens is 222 g/mol. The molecule has 0 amide bonds. The summed E-state index contributed by atoms with van der Waals surface area (Å²) in [7, 11) is 1.74. The van der Waals surface area contributed by atoms with E-state index in [1.807, 2.05) is 0 Å². The second-order valence-electron chi connectivity index (χ2n) is 6.41. The van der Waals surface area contributed by atoms with Crippen molar-refractivity contribution in [1.29, 1.82) is 0 Å². The van der Waals surface area contributed by atoms with Gasteiger partial charge in [0, 0.05) is 12.6 Å². The van der Waals surface area contributed by atoms with Crippen molar-refractivity contribution in [3.05, 3.63) is 35.4 Å². The van der Waals surface area contributed by atoms with Crippen LogP contribution in [0.2, 0.25) is 0 Å². The lowest BCUT2D eigenvalue weighted by atomic mass is 10.1. The summed E-state index contributed by atoms with van der Waals surface area (Å²) in [5.41, 5.74) is 2.97. The van der Waals surface area contributed by atoms with E-state index >= 15 is 0 Å². The van der Waals surface area contributed by atoms with E-state index in [4.69, 9.17) is 4.74 Å². The van der Waals surface area contributed by atoms with Crippen LogP contribution < -0.4 is 5.32 Å². The average Bonchev–Trinajstić information content (AvgIpc) is 3.06. The van der Waals surface area contributed by atoms with Gasteiger partial charge in [-0.2, -0.15) is 0 Å². The maximum atomic E-state index is 5.13. The number of benzene rings is 1. The molecule has 0 bridgehead atoms.